The van der Waals surface area contributed by atoms with Gasteiger partial charge in [0.25, 0.3) is 0 Å². The van der Waals surface area contributed by atoms with Crippen LogP contribution in [0.2, 0.25) is 0 Å². The Morgan fingerprint density at radius 2 is 1.86 bits per heavy atom. The fourth-order valence-electron chi connectivity index (χ4n) is 1.70. The summed E-state index contributed by atoms with van der Waals surface area (Å²) in [5.41, 5.74) is -0.882. The van der Waals surface area contributed by atoms with Crippen LogP contribution in [0.5, 0.6) is 0 Å². The van der Waals surface area contributed by atoms with Crippen LogP contribution in [0.15, 0.2) is 18.2 Å². The summed E-state index contributed by atoms with van der Waals surface area (Å²) in [7, 11) is -3.69. The van der Waals surface area contributed by atoms with E-state index in [-0.39, 0.29) is 29.6 Å². The van der Waals surface area contributed by atoms with Crippen LogP contribution < -0.4 is 10.0 Å². The number of rotatable bonds is 6. The van der Waals surface area contributed by atoms with Gasteiger partial charge in [-0.1, -0.05) is 19.9 Å². The van der Waals surface area contributed by atoms with Crippen molar-refractivity contribution in [2.75, 3.05) is 17.0 Å². The van der Waals surface area contributed by atoms with E-state index in [2.05, 4.69) is 10.0 Å². The predicted octanol–water partition coefficient (Wildman–Crippen LogP) is 2.75. The maximum absolute atomic E-state index is 12.8. The van der Waals surface area contributed by atoms with Gasteiger partial charge in [0.05, 0.1) is 11.3 Å². The number of hydrogen-bond acceptors (Lipinski definition) is 3. The van der Waals surface area contributed by atoms with Gasteiger partial charge < -0.3 is 5.32 Å². The van der Waals surface area contributed by atoms with Crippen molar-refractivity contribution < 1.29 is 21.6 Å². The molecule has 0 saturated heterocycles. The van der Waals surface area contributed by atoms with E-state index in [1.54, 1.807) is 0 Å². The zero-order valence-electron chi connectivity index (χ0n) is 12.1. The number of benzene rings is 1. The second-order valence-corrected chi connectivity index (χ2v) is 6.90. The summed E-state index contributed by atoms with van der Waals surface area (Å²) in [6.07, 6.45) is -4.51. The van der Waals surface area contributed by atoms with Crippen molar-refractivity contribution in [3.63, 3.8) is 0 Å². The third-order valence-corrected chi connectivity index (χ3v) is 4.03. The van der Waals surface area contributed by atoms with E-state index < -0.39 is 21.8 Å². The van der Waals surface area contributed by atoms with Gasteiger partial charge in [-0.05, 0) is 24.6 Å². The van der Waals surface area contributed by atoms with Gasteiger partial charge in [0.1, 0.15) is 0 Å². The smallest absolute Gasteiger partial charge is 0.313 e. The first-order valence-corrected chi connectivity index (χ1v) is 8.08. The number of nitrogens with one attached hydrogen (secondary N) is 2. The highest BCUT2D eigenvalue weighted by atomic mass is 32.2. The first-order valence-electron chi connectivity index (χ1n) is 6.43. The van der Waals surface area contributed by atoms with Crippen LogP contribution in [0.1, 0.15) is 25.0 Å². The largest absolute Gasteiger partial charge is 0.416 e. The number of alkyl halides is 3. The highest BCUT2D eigenvalue weighted by molar-refractivity contribution is 7.92. The Kier molecular flexibility index (Phi) is 5.63. The van der Waals surface area contributed by atoms with Gasteiger partial charge >= 0.3 is 6.18 Å². The maximum atomic E-state index is 12.8. The average Bonchev–Trinajstić information content (AvgIpc) is 2.29. The minimum Gasteiger partial charge on any atom is -0.313 e. The molecule has 0 unspecified atom stereocenters. The van der Waals surface area contributed by atoms with Crippen LogP contribution in [0.4, 0.5) is 18.9 Å². The normalized spacial score (nSPS) is 12.7. The minimum absolute atomic E-state index is 0.0481. The summed E-state index contributed by atoms with van der Waals surface area (Å²) < 4.78 is 64.1. The SMILES string of the molecule is Cc1ccc(NS(=O)(=O)CCNC(C)C)cc1C(F)(F)F. The van der Waals surface area contributed by atoms with Crippen LogP contribution in [0, 0.1) is 6.92 Å². The fraction of sp³-hybridized carbons (Fsp3) is 0.538. The van der Waals surface area contributed by atoms with Crippen molar-refractivity contribution in [2.45, 2.75) is 33.0 Å². The second-order valence-electron chi connectivity index (χ2n) is 5.06. The third-order valence-electron chi connectivity index (χ3n) is 2.74. The zero-order valence-corrected chi connectivity index (χ0v) is 12.9. The van der Waals surface area contributed by atoms with Crippen LogP contribution in [0.3, 0.4) is 0 Å². The Balaban J connectivity index is 2.83. The molecule has 21 heavy (non-hydrogen) atoms. The second kappa shape index (κ2) is 6.65. The third kappa shape index (κ3) is 5.92. The summed E-state index contributed by atoms with van der Waals surface area (Å²) >= 11 is 0. The highest BCUT2D eigenvalue weighted by Gasteiger charge is 2.32. The van der Waals surface area contributed by atoms with Crippen LogP contribution in [-0.4, -0.2) is 26.8 Å². The van der Waals surface area contributed by atoms with E-state index in [9.17, 15) is 21.6 Å². The quantitative estimate of drug-likeness (QED) is 0.846. The molecule has 0 fully saturated rings. The number of anilines is 1. The molecule has 0 heterocycles. The molecule has 0 aromatic heterocycles. The zero-order chi connectivity index (χ0) is 16.3. The van der Waals surface area contributed by atoms with Gasteiger partial charge in [0.2, 0.25) is 10.0 Å². The molecule has 2 N–H and O–H groups in total. The molecule has 0 aliphatic heterocycles. The van der Waals surface area contributed by atoms with Gasteiger partial charge in [0, 0.05) is 18.3 Å². The molecule has 0 aliphatic rings. The minimum atomic E-state index is -4.51. The van der Waals surface area contributed by atoms with Gasteiger partial charge in [-0.25, -0.2) is 8.42 Å². The topological polar surface area (TPSA) is 58.2 Å². The molecular weight excluding hydrogens is 305 g/mol. The molecule has 1 aromatic carbocycles. The molecule has 120 valence electrons. The molecule has 8 heteroatoms. The highest BCUT2D eigenvalue weighted by Crippen LogP contribution is 2.33. The molecule has 0 amide bonds. The van der Waals surface area contributed by atoms with Crippen molar-refractivity contribution in [3.8, 4) is 0 Å². The van der Waals surface area contributed by atoms with E-state index >= 15 is 0 Å². The average molecular weight is 324 g/mol. The van der Waals surface area contributed by atoms with E-state index in [1.165, 1.54) is 19.1 Å². The molecule has 4 nitrogen and oxygen atoms in total. The summed E-state index contributed by atoms with van der Waals surface area (Å²) in [5, 5.41) is 2.93. The molecular formula is C13H19F3N2O2S. The van der Waals surface area contributed by atoms with Gasteiger partial charge in [-0.3, -0.25) is 4.72 Å². The molecule has 0 bridgehead atoms. The summed E-state index contributed by atoms with van der Waals surface area (Å²) in [4.78, 5) is 0. The lowest BCUT2D eigenvalue weighted by molar-refractivity contribution is -0.138. The van der Waals surface area contributed by atoms with Crippen LogP contribution in [0.25, 0.3) is 0 Å². The molecule has 0 atom stereocenters. The van der Waals surface area contributed by atoms with Gasteiger partial charge in [-0.2, -0.15) is 13.2 Å². The molecule has 0 saturated carbocycles. The number of sulfonamides is 1. The standard InChI is InChI=1S/C13H19F3N2O2S/c1-9(2)17-6-7-21(19,20)18-11-5-4-10(3)12(8-11)13(14,15)16/h4-5,8-9,17-18H,6-7H2,1-3H3. The number of hydrogen-bond donors (Lipinski definition) is 2. The number of halogens is 3. The summed E-state index contributed by atoms with van der Waals surface area (Å²) in [6.45, 7) is 5.30. The summed E-state index contributed by atoms with van der Waals surface area (Å²) in [6, 6.07) is 3.50. The fourth-order valence-corrected chi connectivity index (χ4v) is 2.68. The van der Waals surface area contributed by atoms with Crippen molar-refractivity contribution in [1.82, 2.24) is 5.32 Å². The van der Waals surface area contributed by atoms with Crippen LogP contribution in [-0.2, 0) is 16.2 Å². The van der Waals surface area contributed by atoms with Crippen molar-refractivity contribution in [3.05, 3.63) is 29.3 Å². The van der Waals surface area contributed by atoms with Gasteiger partial charge in [-0.15, -0.1) is 0 Å². The maximum Gasteiger partial charge on any atom is 0.416 e. The molecule has 0 aliphatic carbocycles. The first kappa shape index (κ1) is 17.8. The molecule has 0 spiro atoms. The number of aryl methyl sites for hydroxylation is 1. The van der Waals surface area contributed by atoms with Gasteiger partial charge in [0.15, 0.2) is 0 Å². The Morgan fingerprint density at radius 1 is 1.24 bits per heavy atom. The van der Waals surface area contributed by atoms with E-state index in [4.69, 9.17) is 0 Å². The lowest BCUT2D eigenvalue weighted by Gasteiger charge is -2.14. The lowest BCUT2D eigenvalue weighted by Crippen LogP contribution is -2.31. The Morgan fingerprint density at radius 3 is 2.38 bits per heavy atom. The molecule has 1 rings (SSSR count). The van der Waals surface area contributed by atoms with E-state index in [0.29, 0.717) is 0 Å². The van der Waals surface area contributed by atoms with Crippen molar-refractivity contribution >= 4 is 15.7 Å². The van der Waals surface area contributed by atoms with E-state index in [1.807, 2.05) is 13.8 Å². The van der Waals surface area contributed by atoms with Crippen molar-refractivity contribution in [2.24, 2.45) is 0 Å². The summed E-state index contributed by atoms with van der Waals surface area (Å²) in [5.74, 6) is -0.208. The Labute approximate surface area is 122 Å². The molecule has 0 radical (unpaired) electrons. The monoisotopic (exact) mass is 324 g/mol. The first-order chi connectivity index (χ1) is 9.51. The van der Waals surface area contributed by atoms with Crippen molar-refractivity contribution in [1.29, 1.82) is 0 Å². The van der Waals surface area contributed by atoms with E-state index in [0.717, 1.165) is 6.07 Å². The predicted molar refractivity (Wildman–Crippen MR) is 76.7 cm³/mol. The van der Waals surface area contributed by atoms with Crippen LogP contribution >= 0.6 is 0 Å². The molecule has 1 aromatic rings. The Hall–Kier alpha value is -1.28. The Bertz CT molecular complexity index is 584. The lowest BCUT2D eigenvalue weighted by atomic mass is 10.1.